The van der Waals surface area contributed by atoms with Crippen molar-refractivity contribution in [2.45, 2.75) is 169 Å². The van der Waals surface area contributed by atoms with Crippen molar-refractivity contribution < 1.29 is 53.4 Å². The Morgan fingerprint density at radius 3 is 1.74 bits per heavy atom. The monoisotopic (exact) mass is 925 g/mol. The summed E-state index contributed by atoms with van der Waals surface area (Å²) < 4.78 is 0. The van der Waals surface area contributed by atoms with Gasteiger partial charge < -0.3 is 63.8 Å². The van der Waals surface area contributed by atoms with E-state index in [1.54, 1.807) is 41.5 Å². The highest BCUT2D eigenvalue weighted by atomic mass is 16.4. The van der Waals surface area contributed by atoms with Crippen LogP contribution in [-0.2, 0) is 43.2 Å². The zero-order chi connectivity index (χ0) is 49.7. The fraction of sp³-hybridized carbons (Fsp3) is 0.795. The number of nitrogens with zero attached hydrogens (tertiary/aromatic N) is 1. The number of aliphatic hydroxyl groups is 1. The average Bonchev–Trinajstić information content (AvgIpc) is 3.73. The van der Waals surface area contributed by atoms with Crippen LogP contribution in [0.3, 0.4) is 0 Å². The Morgan fingerprint density at radius 2 is 1.22 bits per heavy atom. The van der Waals surface area contributed by atoms with Gasteiger partial charge >= 0.3 is 5.97 Å². The summed E-state index contributed by atoms with van der Waals surface area (Å²) in [5, 5.41) is 37.4. The molecule has 372 valence electrons. The first-order valence-electron chi connectivity index (χ1n) is 23.1. The summed E-state index contributed by atoms with van der Waals surface area (Å²) in [6.45, 7) is 16.9. The summed E-state index contributed by atoms with van der Waals surface area (Å²) in [6, 6.07) is -9.01. The van der Waals surface area contributed by atoms with E-state index in [1.807, 2.05) is 27.7 Å². The first kappa shape index (κ1) is 58.1. The quantitative estimate of drug-likeness (QED) is 0.0401. The van der Waals surface area contributed by atoms with Crippen molar-refractivity contribution in [2.24, 2.45) is 41.1 Å². The zero-order valence-corrected chi connectivity index (χ0v) is 40.2. The topological polar surface area (TPSA) is 334 Å². The first-order chi connectivity index (χ1) is 30.4. The molecule has 0 aromatic heterocycles. The highest BCUT2D eigenvalue weighted by molar-refractivity contribution is 5.98. The minimum absolute atomic E-state index is 0.0122. The Labute approximate surface area is 384 Å². The molecule has 13 N–H and O–H groups in total. The molecule has 1 aliphatic heterocycles. The van der Waals surface area contributed by atoms with Crippen LogP contribution in [0.1, 0.15) is 121 Å². The van der Waals surface area contributed by atoms with Gasteiger partial charge in [0.15, 0.2) is 0 Å². The van der Waals surface area contributed by atoms with E-state index in [0.717, 1.165) is 0 Å². The predicted octanol–water partition coefficient (Wildman–Crippen LogP) is -1.01. The summed E-state index contributed by atoms with van der Waals surface area (Å²) in [5.41, 5.74) is 11.9. The zero-order valence-electron chi connectivity index (χ0n) is 40.2. The van der Waals surface area contributed by atoms with Crippen molar-refractivity contribution in [2.75, 3.05) is 26.2 Å². The number of unbranched alkanes of at least 4 members (excludes halogenated alkanes) is 1. The van der Waals surface area contributed by atoms with E-state index in [1.165, 1.54) is 4.90 Å². The normalized spacial score (nSPS) is 17.6. The molecule has 8 amide bonds. The van der Waals surface area contributed by atoms with Crippen LogP contribution in [0.5, 0.6) is 0 Å². The van der Waals surface area contributed by atoms with Gasteiger partial charge in [0.2, 0.25) is 47.3 Å². The van der Waals surface area contributed by atoms with Gasteiger partial charge in [-0.2, -0.15) is 0 Å². The number of rotatable bonds is 29. The van der Waals surface area contributed by atoms with Gasteiger partial charge in [0.1, 0.15) is 42.3 Å². The third kappa shape index (κ3) is 19.6. The number of hydrogen-bond acceptors (Lipinski definition) is 12. The summed E-state index contributed by atoms with van der Waals surface area (Å²) in [6.07, 6.45) is 2.90. The second-order valence-electron chi connectivity index (χ2n) is 18.6. The molecule has 1 aliphatic rings. The van der Waals surface area contributed by atoms with Gasteiger partial charge in [0.05, 0.1) is 19.2 Å². The van der Waals surface area contributed by atoms with E-state index < -0.39 is 127 Å². The number of carbonyl (C=O) groups is 9. The van der Waals surface area contributed by atoms with Crippen LogP contribution >= 0.6 is 0 Å². The van der Waals surface area contributed by atoms with Crippen molar-refractivity contribution in [1.82, 2.24) is 42.1 Å². The Morgan fingerprint density at radius 1 is 0.662 bits per heavy atom. The minimum atomic E-state index is -1.54. The smallest absolute Gasteiger partial charge is 0.326 e. The molecule has 0 bridgehead atoms. The molecular weight excluding hydrogens is 845 g/mol. The van der Waals surface area contributed by atoms with Gasteiger partial charge in [-0.15, -0.1) is 0 Å². The highest BCUT2D eigenvalue weighted by Gasteiger charge is 2.41. The number of aliphatic carboxylic acids is 1. The number of amides is 8. The Hall–Kier alpha value is -4.89. The van der Waals surface area contributed by atoms with Crippen LogP contribution in [0.25, 0.3) is 0 Å². The van der Waals surface area contributed by atoms with Crippen LogP contribution < -0.4 is 48.7 Å². The lowest BCUT2D eigenvalue weighted by Crippen LogP contribution is -2.61. The van der Waals surface area contributed by atoms with E-state index >= 15 is 0 Å². The fourth-order valence-corrected chi connectivity index (χ4v) is 7.24. The van der Waals surface area contributed by atoms with Gasteiger partial charge in [-0.1, -0.05) is 75.7 Å². The van der Waals surface area contributed by atoms with Gasteiger partial charge in [-0.25, -0.2) is 4.79 Å². The molecule has 0 aromatic rings. The number of aliphatic hydroxyl groups excluding tert-OH is 1. The summed E-state index contributed by atoms with van der Waals surface area (Å²) >= 11 is 0. The Balaban J connectivity index is 3.18. The van der Waals surface area contributed by atoms with Crippen LogP contribution in [-0.4, -0.2) is 143 Å². The van der Waals surface area contributed by atoms with Crippen LogP contribution in [0.15, 0.2) is 0 Å². The van der Waals surface area contributed by atoms with Gasteiger partial charge in [-0.05, 0) is 81.1 Å². The maximum Gasteiger partial charge on any atom is 0.326 e. The molecule has 0 unspecified atom stereocenters. The Kier molecular flexibility index (Phi) is 25.8. The van der Waals surface area contributed by atoms with Gasteiger partial charge in [0, 0.05) is 6.54 Å². The summed E-state index contributed by atoms with van der Waals surface area (Å²) in [4.78, 5) is 121. The van der Waals surface area contributed by atoms with Crippen LogP contribution in [0.2, 0.25) is 0 Å². The molecule has 0 aromatic carbocycles. The average molecular weight is 925 g/mol. The number of likely N-dealkylation sites (tertiary alicyclic amines) is 1. The van der Waals surface area contributed by atoms with Crippen molar-refractivity contribution in [3.8, 4) is 0 Å². The number of carboxylic acids is 1. The number of nitrogens with two attached hydrogens (primary N) is 2. The molecule has 0 spiro atoms. The van der Waals surface area contributed by atoms with E-state index in [9.17, 15) is 53.4 Å². The number of carboxylic acid groups (broad SMARTS) is 1. The van der Waals surface area contributed by atoms with Crippen molar-refractivity contribution in [3.05, 3.63) is 0 Å². The standard InChI is InChI=1S/C44H80N10O11/c1-11-27(10)34(46)41(61)50-29(19-23(2)3)39(59)53-36(26(8)9)43(63)54-18-14-16-32(54)40(60)49-28(15-12-13-17-45)38(58)52-35(25(6)7)42(62)51-31(22-55)37(57)47-21-33(56)48-30(44(64)65)20-24(4)5/h23-32,34-36,55H,11-22,45-46H2,1-10H3,(H,47,57)(H,48,56)(H,49,60)(H,50,61)(H,51,62)(H,52,58)(H,53,59)(H,64,65)/t27-,28-,29-,30-,31-,32-,34-,35-,36-/m0/s1. The first-order valence-corrected chi connectivity index (χ1v) is 23.1. The summed E-state index contributed by atoms with van der Waals surface area (Å²) in [7, 11) is 0. The molecule has 65 heavy (non-hydrogen) atoms. The molecular formula is C44H80N10O11. The number of nitrogens with one attached hydrogen (secondary N) is 7. The maximum absolute atomic E-state index is 14.2. The number of carbonyl (C=O) groups excluding carboxylic acids is 8. The molecule has 21 nitrogen and oxygen atoms in total. The lowest BCUT2D eigenvalue weighted by atomic mass is 9.97. The second-order valence-corrected chi connectivity index (χ2v) is 18.6. The highest BCUT2D eigenvalue weighted by Crippen LogP contribution is 2.22. The maximum atomic E-state index is 14.2. The van der Waals surface area contributed by atoms with Crippen molar-refractivity contribution in [1.29, 1.82) is 0 Å². The number of hydrogen-bond donors (Lipinski definition) is 11. The minimum Gasteiger partial charge on any atom is -0.480 e. The van der Waals surface area contributed by atoms with E-state index in [-0.39, 0.29) is 43.6 Å². The Bertz CT molecular complexity index is 1610. The second kappa shape index (κ2) is 28.9. The molecule has 21 heteroatoms. The lowest BCUT2D eigenvalue weighted by molar-refractivity contribution is -0.143. The lowest BCUT2D eigenvalue weighted by Gasteiger charge is -2.33. The third-order valence-electron chi connectivity index (χ3n) is 11.4. The molecule has 0 aliphatic carbocycles. The molecule has 1 heterocycles. The van der Waals surface area contributed by atoms with Crippen LogP contribution in [0, 0.1) is 29.6 Å². The van der Waals surface area contributed by atoms with E-state index in [2.05, 4.69) is 37.2 Å². The van der Waals surface area contributed by atoms with Crippen LogP contribution in [0.4, 0.5) is 0 Å². The molecule has 1 saturated heterocycles. The predicted molar refractivity (Wildman–Crippen MR) is 243 cm³/mol. The van der Waals surface area contributed by atoms with Gasteiger partial charge in [-0.3, -0.25) is 38.4 Å². The summed E-state index contributed by atoms with van der Waals surface area (Å²) in [5.74, 6) is -7.82. The van der Waals surface area contributed by atoms with Crippen molar-refractivity contribution >= 4 is 53.2 Å². The third-order valence-corrected chi connectivity index (χ3v) is 11.4. The largest absolute Gasteiger partial charge is 0.480 e. The molecule has 1 fully saturated rings. The van der Waals surface area contributed by atoms with E-state index in [4.69, 9.17) is 11.5 Å². The molecule has 1 rings (SSSR count). The molecule has 0 radical (unpaired) electrons. The SMILES string of the molecule is CC[C@H](C)[C@H](N)C(=O)N[C@@H](CC(C)C)C(=O)N[C@H](C(=O)N1CCC[C@H]1C(=O)N[C@@H](CCCCN)C(=O)N[C@H](C(=O)N[C@@H](CO)C(=O)NCC(=O)N[C@@H](CC(C)C)C(=O)O)C(C)C)C(C)C. The van der Waals surface area contributed by atoms with E-state index in [0.29, 0.717) is 38.6 Å². The van der Waals surface area contributed by atoms with Crippen molar-refractivity contribution in [3.63, 3.8) is 0 Å². The fourth-order valence-electron chi connectivity index (χ4n) is 7.24. The molecule has 9 atom stereocenters. The molecule has 0 saturated carbocycles. The van der Waals surface area contributed by atoms with Gasteiger partial charge in [0.25, 0.3) is 0 Å².